The number of ether oxygens (including phenoxy) is 1. The number of rotatable bonds is 2. The molecule has 23 heavy (non-hydrogen) atoms. The molecule has 2 aliphatic rings. The smallest absolute Gasteiger partial charge is 0.417 e. The van der Waals surface area contributed by atoms with Crippen LogP contribution in [-0.2, 0) is 9.53 Å². The van der Waals surface area contributed by atoms with Gasteiger partial charge in [-0.25, -0.2) is 14.7 Å². The van der Waals surface area contributed by atoms with Gasteiger partial charge in [0, 0.05) is 19.3 Å². The second kappa shape index (κ2) is 4.80. The highest BCUT2D eigenvalue weighted by Crippen LogP contribution is 2.23. The molecule has 118 valence electrons. The Morgan fingerprint density at radius 3 is 2.78 bits per heavy atom. The number of hydrogen-bond donors (Lipinski definition) is 0. The molecule has 2 fully saturated rings. The Morgan fingerprint density at radius 2 is 2.09 bits per heavy atom. The molecule has 2 aromatic heterocycles. The lowest BCUT2D eigenvalue weighted by Crippen LogP contribution is -2.62. The van der Waals surface area contributed by atoms with Gasteiger partial charge in [-0.3, -0.25) is 14.0 Å². The van der Waals surface area contributed by atoms with Crippen LogP contribution in [0.15, 0.2) is 24.4 Å². The maximum Gasteiger partial charge on any atom is 0.417 e. The van der Waals surface area contributed by atoms with Gasteiger partial charge in [0.25, 0.3) is 11.8 Å². The zero-order valence-corrected chi connectivity index (χ0v) is 12.4. The first kappa shape index (κ1) is 13.7. The highest BCUT2D eigenvalue weighted by Gasteiger charge is 2.45. The molecular weight excluding hydrogens is 300 g/mol. The molecule has 2 aliphatic heterocycles. The number of carbonyl (C=O) groups is 3. The number of aryl methyl sites for hydroxylation is 1. The first-order valence-corrected chi connectivity index (χ1v) is 7.28. The minimum atomic E-state index is -0.627. The lowest BCUT2D eigenvalue weighted by molar-refractivity contribution is -0.129. The van der Waals surface area contributed by atoms with E-state index in [-0.39, 0.29) is 24.5 Å². The highest BCUT2D eigenvalue weighted by atomic mass is 16.6. The van der Waals surface area contributed by atoms with Crippen molar-refractivity contribution in [1.82, 2.24) is 19.2 Å². The van der Waals surface area contributed by atoms with Gasteiger partial charge < -0.3 is 9.64 Å². The van der Waals surface area contributed by atoms with Crippen molar-refractivity contribution in [3.63, 3.8) is 0 Å². The van der Waals surface area contributed by atoms with Gasteiger partial charge in [-0.05, 0) is 19.1 Å². The third kappa shape index (κ3) is 1.98. The van der Waals surface area contributed by atoms with Crippen molar-refractivity contribution < 1.29 is 19.1 Å². The molecule has 0 aromatic carbocycles. The van der Waals surface area contributed by atoms with E-state index in [2.05, 4.69) is 4.98 Å². The van der Waals surface area contributed by atoms with E-state index in [9.17, 15) is 14.4 Å². The summed E-state index contributed by atoms with van der Waals surface area (Å²) < 4.78 is 6.45. The molecule has 4 rings (SSSR count). The number of carbonyl (C=O) groups excluding carboxylic acids is 3. The number of likely N-dealkylation sites (tertiary alicyclic amines) is 1. The summed E-state index contributed by atoms with van der Waals surface area (Å²) in [5, 5.41) is 0. The average Bonchev–Trinajstić information content (AvgIpc) is 2.98. The van der Waals surface area contributed by atoms with E-state index in [0.717, 1.165) is 4.90 Å². The van der Waals surface area contributed by atoms with Crippen LogP contribution in [0.2, 0.25) is 0 Å². The lowest BCUT2D eigenvalue weighted by atomic mass is 10.1. The normalized spacial score (nSPS) is 18.5. The van der Waals surface area contributed by atoms with Crippen molar-refractivity contribution in [3.05, 3.63) is 35.8 Å². The van der Waals surface area contributed by atoms with Crippen LogP contribution in [0, 0.1) is 6.92 Å². The Bertz CT molecular complexity index is 821. The topological polar surface area (TPSA) is 84.2 Å². The van der Waals surface area contributed by atoms with Crippen LogP contribution < -0.4 is 0 Å². The van der Waals surface area contributed by atoms with Crippen molar-refractivity contribution in [2.24, 2.45) is 0 Å². The molecule has 8 heteroatoms. The van der Waals surface area contributed by atoms with E-state index < -0.39 is 6.09 Å². The summed E-state index contributed by atoms with van der Waals surface area (Å²) in [5.74, 6) is -0.504. The Labute approximate surface area is 131 Å². The van der Waals surface area contributed by atoms with Crippen molar-refractivity contribution in [2.45, 2.75) is 13.0 Å². The van der Waals surface area contributed by atoms with Crippen LogP contribution in [0.1, 0.15) is 16.2 Å². The number of fused-ring (bicyclic) bond motifs is 1. The molecule has 2 saturated heterocycles. The highest BCUT2D eigenvalue weighted by molar-refractivity contribution is 5.99. The molecule has 4 heterocycles. The van der Waals surface area contributed by atoms with E-state index in [0.29, 0.717) is 30.1 Å². The van der Waals surface area contributed by atoms with Gasteiger partial charge >= 0.3 is 6.09 Å². The lowest BCUT2D eigenvalue weighted by Gasteiger charge is -2.41. The van der Waals surface area contributed by atoms with Gasteiger partial charge in [0.2, 0.25) is 0 Å². The number of imidazole rings is 1. The summed E-state index contributed by atoms with van der Waals surface area (Å²) in [6.45, 7) is 2.22. The summed E-state index contributed by atoms with van der Waals surface area (Å²) in [5.41, 5.74) is 1.87. The minimum Gasteiger partial charge on any atom is -0.439 e. The third-order valence-electron chi connectivity index (χ3n) is 4.21. The number of amides is 3. The van der Waals surface area contributed by atoms with E-state index in [1.165, 1.54) is 0 Å². The Hall–Kier alpha value is -2.90. The summed E-state index contributed by atoms with van der Waals surface area (Å²) in [6.07, 6.45) is 1.17. The molecule has 3 amide bonds. The van der Waals surface area contributed by atoms with E-state index >= 15 is 0 Å². The number of hydrogen-bond acceptors (Lipinski definition) is 5. The van der Waals surface area contributed by atoms with E-state index in [1.807, 2.05) is 18.2 Å². The molecule has 2 aromatic rings. The number of nitrogens with zero attached hydrogens (tertiary/aromatic N) is 4. The molecule has 0 aliphatic carbocycles. The van der Waals surface area contributed by atoms with Gasteiger partial charge in [-0.2, -0.15) is 0 Å². The SMILES string of the molecule is Cc1nc2ccccn2c1C(=O)N1CC(N2C(=O)COC2=O)C1. The number of cyclic esters (lactones) is 1. The number of imide groups is 1. The molecule has 0 spiro atoms. The third-order valence-corrected chi connectivity index (χ3v) is 4.21. The van der Waals surface area contributed by atoms with Gasteiger partial charge in [-0.1, -0.05) is 6.07 Å². The van der Waals surface area contributed by atoms with Gasteiger partial charge in [-0.15, -0.1) is 0 Å². The monoisotopic (exact) mass is 314 g/mol. The quantitative estimate of drug-likeness (QED) is 0.803. The van der Waals surface area contributed by atoms with Crippen LogP contribution in [0.3, 0.4) is 0 Å². The molecule has 0 unspecified atom stereocenters. The Morgan fingerprint density at radius 1 is 1.30 bits per heavy atom. The predicted molar refractivity (Wildman–Crippen MR) is 77.8 cm³/mol. The van der Waals surface area contributed by atoms with Crippen LogP contribution in [0.5, 0.6) is 0 Å². The number of pyridine rings is 1. The fraction of sp³-hybridized carbons (Fsp3) is 0.333. The maximum absolute atomic E-state index is 12.7. The maximum atomic E-state index is 12.7. The zero-order chi connectivity index (χ0) is 16.1. The van der Waals surface area contributed by atoms with Gasteiger partial charge in [0.1, 0.15) is 11.3 Å². The van der Waals surface area contributed by atoms with Gasteiger partial charge in [0.05, 0.1) is 11.7 Å². The van der Waals surface area contributed by atoms with E-state index in [1.54, 1.807) is 22.4 Å². The summed E-state index contributed by atoms with van der Waals surface area (Å²) in [7, 11) is 0. The fourth-order valence-electron chi connectivity index (χ4n) is 3.02. The molecule has 0 atom stereocenters. The summed E-state index contributed by atoms with van der Waals surface area (Å²) in [6, 6.07) is 5.23. The first-order chi connectivity index (χ1) is 11.1. The Kier molecular flexibility index (Phi) is 2.87. The molecule has 0 saturated carbocycles. The van der Waals surface area contributed by atoms with Crippen molar-refractivity contribution in [1.29, 1.82) is 0 Å². The van der Waals surface area contributed by atoms with Crippen molar-refractivity contribution >= 4 is 23.6 Å². The standard InChI is InChI=1S/C15H14N4O4/c1-9-13(18-5-3-2-4-11(18)16-9)14(21)17-6-10(7-17)19-12(20)8-23-15(19)22/h2-5,10H,6-8H2,1H3. The van der Waals surface area contributed by atoms with Crippen LogP contribution >= 0.6 is 0 Å². The summed E-state index contributed by atoms with van der Waals surface area (Å²) in [4.78, 5) is 42.9. The largest absolute Gasteiger partial charge is 0.439 e. The van der Waals surface area contributed by atoms with E-state index in [4.69, 9.17) is 4.74 Å². The zero-order valence-electron chi connectivity index (χ0n) is 12.4. The minimum absolute atomic E-state index is 0.155. The van der Waals surface area contributed by atoms with Gasteiger partial charge in [0.15, 0.2) is 6.61 Å². The first-order valence-electron chi connectivity index (χ1n) is 7.28. The van der Waals surface area contributed by atoms with Crippen LogP contribution in [-0.4, -0.2) is 62.8 Å². The molecule has 0 N–H and O–H groups in total. The second-order valence-electron chi connectivity index (χ2n) is 5.66. The van der Waals surface area contributed by atoms with Crippen LogP contribution in [0.4, 0.5) is 4.79 Å². The number of aromatic nitrogens is 2. The molecule has 8 nitrogen and oxygen atoms in total. The molecular formula is C15H14N4O4. The predicted octanol–water partition coefficient (Wildman–Crippen LogP) is 0.446. The van der Waals surface area contributed by atoms with Crippen LogP contribution in [0.25, 0.3) is 5.65 Å². The molecule has 0 bridgehead atoms. The average molecular weight is 314 g/mol. The van der Waals surface area contributed by atoms with Crippen molar-refractivity contribution in [3.8, 4) is 0 Å². The fourth-order valence-corrected chi connectivity index (χ4v) is 3.02. The Balaban J connectivity index is 1.54. The summed E-state index contributed by atoms with van der Waals surface area (Å²) >= 11 is 0. The second-order valence-corrected chi connectivity index (χ2v) is 5.66. The van der Waals surface area contributed by atoms with Crippen molar-refractivity contribution in [2.75, 3.05) is 19.7 Å². The molecule has 0 radical (unpaired) electrons.